The van der Waals surface area contributed by atoms with Gasteiger partial charge in [0.05, 0.1) is 7.11 Å². The predicted molar refractivity (Wildman–Crippen MR) is 90.2 cm³/mol. The summed E-state index contributed by atoms with van der Waals surface area (Å²) in [5.41, 5.74) is 3.18. The van der Waals surface area contributed by atoms with Crippen molar-refractivity contribution in [2.45, 2.75) is 13.8 Å². The van der Waals surface area contributed by atoms with E-state index in [4.69, 9.17) is 9.15 Å². The molecule has 0 aliphatic rings. The Bertz CT molecular complexity index is 887. The van der Waals surface area contributed by atoms with Gasteiger partial charge in [-0.15, -0.1) is 5.10 Å². The van der Waals surface area contributed by atoms with Crippen molar-refractivity contribution in [3.05, 3.63) is 59.2 Å². The van der Waals surface area contributed by atoms with Crippen molar-refractivity contribution in [1.82, 2.24) is 10.2 Å². The van der Waals surface area contributed by atoms with Crippen molar-refractivity contribution in [3.63, 3.8) is 0 Å². The number of nitrogens with one attached hydrogen (secondary N) is 1. The third-order valence-corrected chi connectivity index (χ3v) is 3.60. The molecule has 0 fully saturated rings. The molecule has 6 heteroatoms. The quantitative estimate of drug-likeness (QED) is 0.793. The highest BCUT2D eigenvalue weighted by Crippen LogP contribution is 2.24. The molecular weight excluding hydrogens is 306 g/mol. The molecule has 0 radical (unpaired) electrons. The van der Waals surface area contributed by atoms with E-state index in [9.17, 15) is 4.79 Å². The summed E-state index contributed by atoms with van der Waals surface area (Å²) in [5.74, 6) is 0.717. The van der Waals surface area contributed by atoms with Crippen molar-refractivity contribution < 1.29 is 13.9 Å². The van der Waals surface area contributed by atoms with Crippen LogP contribution < -0.4 is 10.1 Å². The van der Waals surface area contributed by atoms with Crippen molar-refractivity contribution in [2.24, 2.45) is 0 Å². The number of anilines is 1. The zero-order valence-electron chi connectivity index (χ0n) is 13.7. The second kappa shape index (κ2) is 6.54. The molecule has 0 saturated heterocycles. The van der Waals surface area contributed by atoms with E-state index in [1.807, 2.05) is 50.2 Å². The molecule has 122 valence electrons. The molecule has 0 atom stereocenters. The number of hydrogen-bond donors (Lipinski definition) is 1. The summed E-state index contributed by atoms with van der Waals surface area (Å²) < 4.78 is 10.7. The zero-order valence-corrected chi connectivity index (χ0v) is 13.7. The van der Waals surface area contributed by atoms with E-state index in [-0.39, 0.29) is 11.9 Å². The smallest absolute Gasteiger partial charge is 0.322 e. The molecule has 24 heavy (non-hydrogen) atoms. The van der Waals surface area contributed by atoms with Crippen LogP contribution in [0.1, 0.15) is 21.5 Å². The van der Waals surface area contributed by atoms with Gasteiger partial charge in [0.15, 0.2) is 0 Å². The normalized spacial score (nSPS) is 10.5. The monoisotopic (exact) mass is 323 g/mol. The number of aromatic nitrogens is 2. The number of ether oxygens (including phenoxy) is 1. The van der Waals surface area contributed by atoms with Gasteiger partial charge in [-0.3, -0.25) is 10.1 Å². The fourth-order valence-electron chi connectivity index (χ4n) is 2.29. The van der Waals surface area contributed by atoms with Gasteiger partial charge in [-0.05, 0) is 43.7 Å². The number of methoxy groups -OCH3 is 1. The fraction of sp³-hybridized carbons (Fsp3) is 0.167. The maximum absolute atomic E-state index is 12.4. The Morgan fingerprint density at radius 3 is 2.75 bits per heavy atom. The van der Waals surface area contributed by atoms with Crippen LogP contribution in [0.5, 0.6) is 5.75 Å². The summed E-state index contributed by atoms with van der Waals surface area (Å²) in [6.45, 7) is 3.81. The number of benzene rings is 2. The summed E-state index contributed by atoms with van der Waals surface area (Å²) in [7, 11) is 1.59. The van der Waals surface area contributed by atoms with Crippen LogP contribution in [0.15, 0.2) is 46.9 Å². The van der Waals surface area contributed by atoms with Crippen molar-refractivity contribution in [3.8, 4) is 17.2 Å². The lowest BCUT2D eigenvalue weighted by Crippen LogP contribution is -2.13. The first-order valence-electron chi connectivity index (χ1n) is 7.43. The third-order valence-electron chi connectivity index (χ3n) is 3.60. The number of rotatable bonds is 4. The van der Waals surface area contributed by atoms with Crippen LogP contribution in [-0.2, 0) is 0 Å². The van der Waals surface area contributed by atoms with Crippen LogP contribution in [0.4, 0.5) is 6.01 Å². The highest BCUT2D eigenvalue weighted by atomic mass is 16.5. The Labute approximate surface area is 139 Å². The fourth-order valence-corrected chi connectivity index (χ4v) is 2.29. The minimum Gasteiger partial charge on any atom is -0.497 e. The standard InChI is InChI=1S/C18H17N3O3/c1-11-7-8-12(2)15(9-11)16(22)19-18-21-20-17(24-18)13-5-4-6-14(10-13)23-3/h4-10H,1-3H3,(H,19,21,22). The number of nitrogens with zero attached hydrogens (tertiary/aromatic N) is 2. The SMILES string of the molecule is COc1cccc(-c2nnc(NC(=O)c3cc(C)ccc3C)o2)c1. The number of carbonyl (C=O) groups excluding carboxylic acids is 1. The Kier molecular flexibility index (Phi) is 4.29. The van der Waals surface area contributed by atoms with Gasteiger partial charge >= 0.3 is 6.01 Å². The molecule has 0 unspecified atom stereocenters. The van der Waals surface area contributed by atoms with Gasteiger partial charge in [0, 0.05) is 11.1 Å². The summed E-state index contributed by atoms with van der Waals surface area (Å²) in [5, 5.41) is 10.5. The summed E-state index contributed by atoms with van der Waals surface area (Å²) >= 11 is 0. The molecule has 3 rings (SSSR count). The first-order chi connectivity index (χ1) is 11.6. The summed E-state index contributed by atoms with van der Waals surface area (Å²) in [6, 6.07) is 13.0. The van der Waals surface area contributed by atoms with Gasteiger partial charge in [0.25, 0.3) is 5.91 Å². The number of carbonyl (C=O) groups is 1. The largest absolute Gasteiger partial charge is 0.497 e. The molecule has 3 aromatic rings. The van der Waals surface area contributed by atoms with Crippen LogP contribution >= 0.6 is 0 Å². The maximum atomic E-state index is 12.4. The van der Waals surface area contributed by atoms with E-state index in [2.05, 4.69) is 15.5 Å². The number of hydrogen-bond acceptors (Lipinski definition) is 5. The lowest BCUT2D eigenvalue weighted by atomic mass is 10.1. The van der Waals surface area contributed by atoms with Crippen molar-refractivity contribution in [1.29, 1.82) is 0 Å². The van der Waals surface area contributed by atoms with Crippen molar-refractivity contribution in [2.75, 3.05) is 12.4 Å². The number of amides is 1. The lowest BCUT2D eigenvalue weighted by molar-refractivity contribution is 0.102. The molecule has 2 aromatic carbocycles. The van der Waals surface area contributed by atoms with E-state index in [0.717, 1.165) is 11.1 Å². The molecule has 0 aliphatic heterocycles. The maximum Gasteiger partial charge on any atom is 0.322 e. The molecule has 0 spiro atoms. The van der Waals surface area contributed by atoms with Gasteiger partial charge in [0.1, 0.15) is 5.75 Å². The minimum atomic E-state index is -0.281. The van der Waals surface area contributed by atoms with Crippen LogP contribution in [0.25, 0.3) is 11.5 Å². The highest BCUT2D eigenvalue weighted by Gasteiger charge is 2.14. The van der Waals surface area contributed by atoms with Gasteiger partial charge in [-0.2, -0.15) is 0 Å². The Morgan fingerprint density at radius 1 is 1.12 bits per heavy atom. The minimum absolute atomic E-state index is 0.0544. The van der Waals surface area contributed by atoms with E-state index in [1.165, 1.54) is 0 Å². The Balaban J connectivity index is 1.81. The van der Waals surface area contributed by atoms with Crippen LogP contribution in [-0.4, -0.2) is 23.2 Å². The van der Waals surface area contributed by atoms with E-state index in [0.29, 0.717) is 22.8 Å². The molecule has 1 N–H and O–H groups in total. The number of aryl methyl sites for hydroxylation is 2. The molecule has 0 bridgehead atoms. The van der Waals surface area contributed by atoms with Crippen LogP contribution in [0.2, 0.25) is 0 Å². The van der Waals surface area contributed by atoms with E-state index in [1.54, 1.807) is 13.2 Å². The summed E-state index contributed by atoms with van der Waals surface area (Å²) in [6.07, 6.45) is 0. The second-order valence-corrected chi connectivity index (χ2v) is 5.42. The average Bonchev–Trinajstić information content (AvgIpc) is 3.05. The molecule has 0 saturated carbocycles. The lowest BCUT2D eigenvalue weighted by Gasteiger charge is -2.05. The van der Waals surface area contributed by atoms with Crippen LogP contribution in [0.3, 0.4) is 0 Å². The average molecular weight is 323 g/mol. The van der Waals surface area contributed by atoms with Gasteiger partial charge < -0.3 is 9.15 Å². The third kappa shape index (κ3) is 3.27. The molecule has 1 heterocycles. The predicted octanol–water partition coefficient (Wildman–Crippen LogP) is 3.61. The Morgan fingerprint density at radius 2 is 1.96 bits per heavy atom. The Hall–Kier alpha value is -3.15. The molecule has 1 amide bonds. The summed E-state index contributed by atoms with van der Waals surface area (Å²) in [4.78, 5) is 12.4. The van der Waals surface area contributed by atoms with Gasteiger partial charge in [-0.1, -0.05) is 28.9 Å². The second-order valence-electron chi connectivity index (χ2n) is 5.42. The van der Waals surface area contributed by atoms with E-state index < -0.39 is 0 Å². The van der Waals surface area contributed by atoms with Gasteiger partial charge in [-0.25, -0.2) is 0 Å². The molecular formula is C18H17N3O3. The first kappa shape index (κ1) is 15.7. The zero-order chi connectivity index (χ0) is 17.1. The molecule has 0 aliphatic carbocycles. The van der Waals surface area contributed by atoms with E-state index >= 15 is 0 Å². The molecule has 6 nitrogen and oxygen atoms in total. The van der Waals surface area contributed by atoms with Crippen molar-refractivity contribution >= 4 is 11.9 Å². The topological polar surface area (TPSA) is 77.3 Å². The molecule has 1 aromatic heterocycles. The first-order valence-corrected chi connectivity index (χ1v) is 7.43. The van der Waals surface area contributed by atoms with Crippen LogP contribution in [0, 0.1) is 13.8 Å². The van der Waals surface area contributed by atoms with Gasteiger partial charge in [0.2, 0.25) is 5.89 Å². The highest BCUT2D eigenvalue weighted by molar-refractivity contribution is 6.04.